The molecular weight excluding hydrogens is 414 g/mol. The minimum atomic E-state index is -0.464. The van der Waals surface area contributed by atoms with Gasteiger partial charge in [-0.1, -0.05) is 17.8 Å². The average molecular weight is 440 g/mol. The van der Waals surface area contributed by atoms with Crippen molar-refractivity contribution < 1.29 is 14.3 Å². The number of benzene rings is 2. The monoisotopic (exact) mass is 439 g/mol. The minimum absolute atomic E-state index is 0.220. The van der Waals surface area contributed by atoms with Gasteiger partial charge in [0.05, 0.1) is 30.8 Å². The Kier molecular flexibility index (Phi) is 7.02. The molecule has 0 bridgehead atoms. The number of ether oxygens (including phenoxy) is 2. The normalized spacial score (nSPS) is 11.6. The van der Waals surface area contributed by atoms with E-state index in [9.17, 15) is 9.59 Å². The molecule has 162 valence electrons. The van der Waals surface area contributed by atoms with Crippen LogP contribution in [-0.4, -0.2) is 35.2 Å². The molecule has 0 aliphatic heterocycles. The maximum Gasteiger partial charge on any atom is 0.271 e. The molecule has 0 unspecified atom stereocenters. The number of nitrogens with zero attached hydrogens (tertiary/aromatic N) is 2. The first-order chi connectivity index (χ1) is 14.8. The summed E-state index contributed by atoms with van der Waals surface area (Å²) >= 11 is 1.26. The predicted octanol–water partition coefficient (Wildman–Crippen LogP) is 3.99. The summed E-state index contributed by atoms with van der Waals surface area (Å²) in [4.78, 5) is 25.1. The molecule has 0 aliphatic rings. The molecule has 1 N–H and O–H groups in total. The van der Waals surface area contributed by atoms with Crippen molar-refractivity contribution in [3.05, 3.63) is 70.0 Å². The summed E-state index contributed by atoms with van der Waals surface area (Å²) in [6, 6.07) is 14.0. The third-order valence-electron chi connectivity index (χ3n) is 4.84. The van der Waals surface area contributed by atoms with Crippen LogP contribution in [-0.2, 0) is 4.79 Å². The lowest BCUT2D eigenvalue weighted by Gasteiger charge is -2.15. The number of carbonyl (C=O) groups is 1. The van der Waals surface area contributed by atoms with E-state index in [2.05, 4.69) is 10.4 Å². The Morgan fingerprint density at radius 1 is 1.03 bits per heavy atom. The summed E-state index contributed by atoms with van der Waals surface area (Å²) in [6.07, 6.45) is 0. The Labute approximate surface area is 185 Å². The SMILES string of the molecule is COc1ccc(OC)c(NC(=O)[C@H](C)Sc2ccc(=O)n(-c3ccc(C)c(C)c3)n2)c1. The van der Waals surface area contributed by atoms with Gasteiger partial charge in [-0.15, -0.1) is 0 Å². The van der Waals surface area contributed by atoms with Gasteiger partial charge in [-0.2, -0.15) is 9.78 Å². The van der Waals surface area contributed by atoms with Crippen LogP contribution in [0.3, 0.4) is 0 Å². The number of hydrogen-bond donors (Lipinski definition) is 1. The number of hydrogen-bond acceptors (Lipinski definition) is 6. The lowest BCUT2D eigenvalue weighted by Crippen LogP contribution is -2.24. The lowest BCUT2D eigenvalue weighted by molar-refractivity contribution is -0.115. The van der Waals surface area contributed by atoms with Crippen molar-refractivity contribution in [1.29, 1.82) is 0 Å². The number of methoxy groups -OCH3 is 2. The van der Waals surface area contributed by atoms with E-state index in [0.717, 1.165) is 11.1 Å². The van der Waals surface area contributed by atoms with Crippen molar-refractivity contribution in [2.24, 2.45) is 0 Å². The summed E-state index contributed by atoms with van der Waals surface area (Å²) in [6.45, 7) is 5.78. The van der Waals surface area contributed by atoms with Crippen LogP contribution >= 0.6 is 11.8 Å². The molecule has 1 heterocycles. The van der Waals surface area contributed by atoms with Gasteiger partial charge in [-0.05, 0) is 62.2 Å². The first-order valence-corrected chi connectivity index (χ1v) is 10.6. The molecule has 0 fully saturated rings. The van der Waals surface area contributed by atoms with Crippen molar-refractivity contribution in [2.75, 3.05) is 19.5 Å². The average Bonchev–Trinajstić information content (AvgIpc) is 2.76. The Balaban J connectivity index is 1.79. The zero-order chi connectivity index (χ0) is 22.5. The van der Waals surface area contributed by atoms with Crippen LogP contribution in [0.2, 0.25) is 0 Å². The summed E-state index contributed by atoms with van der Waals surface area (Å²) in [5, 5.41) is 7.42. The molecule has 0 aliphatic carbocycles. The zero-order valence-corrected chi connectivity index (χ0v) is 18.9. The van der Waals surface area contributed by atoms with Gasteiger partial charge in [0.15, 0.2) is 0 Å². The Morgan fingerprint density at radius 2 is 1.81 bits per heavy atom. The number of anilines is 1. The molecule has 2 aromatic carbocycles. The maximum absolute atomic E-state index is 12.8. The van der Waals surface area contributed by atoms with Gasteiger partial charge >= 0.3 is 0 Å². The first kappa shape index (κ1) is 22.4. The van der Waals surface area contributed by atoms with Crippen LogP contribution in [0.25, 0.3) is 5.69 Å². The quantitative estimate of drug-likeness (QED) is 0.561. The number of thioether (sulfide) groups is 1. The highest BCUT2D eigenvalue weighted by Crippen LogP contribution is 2.30. The number of aryl methyl sites for hydroxylation is 2. The van der Waals surface area contributed by atoms with Crippen LogP contribution in [0.1, 0.15) is 18.1 Å². The van der Waals surface area contributed by atoms with Crippen LogP contribution in [0.4, 0.5) is 5.69 Å². The molecule has 1 atom stereocenters. The second-order valence-electron chi connectivity index (χ2n) is 7.01. The van der Waals surface area contributed by atoms with Gasteiger partial charge in [0, 0.05) is 12.1 Å². The van der Waals surface area contributed by atoms with E-state index in [-0.39, 0.29) is 11.5 Å². The van der Waals surface area contributed by atoms with Gasteiger partial charge in [0.2, 0.25) is 5.91 Å². The second-order valence-corrected chi connectivity index (χ2v) is 8.37. The van der Waals surface area contributed by atoms with Gasteiger partial charge in [-0.25, -0.2) is 0 Å². The molecule has 8 heteroatoms. The molecule has 31 heavy (non-hydrogen) atoms. The van der Waals surface area contributed by atoms with Crippen LogP contribution in [0.5, 0.6) is 11.5 Å². The predicted molar refractivity (Wildman–Crippen MR) is 123 cm³/mol. The van der Waals surface area contributed by atoms with E-state index in [1.807, 2.05) is 32.0 Å². The van der Waals surface area contributed by atoms with Crippen molar-refractivity contribution in [1.82, 2.24) is 9.78 Å². The van der Waals surface area contributed by atoms with Crippen LogP contribution in [0, 0.1) is 13.8 Å². The summed E-state index contributed by atoms with van der Waals surface area (Å²) in [7, 11) is 3.09. The Bertz CT molecular complexity index is 1160. The van der Waals surface area contributed by atoms with E-state index < -0.39 is 5.25 Å². The number of carbonyl (C=O) groups excluding carboxylic acids is 1. The highest BCUT2D eigenvalue weighted by atomic mass is 32.2. The molecule has 7 nitrogen and oxygen atoms in total. The summed E-state index contributed by atoms with van der Waals surface area (Å²) < 4.78 is 11.9. The van der Waals surface area contributed by atoms with Crippen molar-refractivity contribution in [3.63, 3.8) is 0 Å². The molecule has 0 spiro atoms. The number of rotatable bonds is 7. The van der Waals surface area contributed by atoms with Crippen LogP contribution < -0.4 is 20.3 Å². The molecule has 3 aromatic rings. The van der Waals surface area contributed by atoms with Gasteiger partial charge in [0.25, 0.3) is 5.56 Å². The van der Waals surface area contributed by atoms with Crippen molar-refractivity contribution >= 4 is 23.4 Å². The molecule has 0 radical (unpaired) electrons. The fourth-order valence-corrected chi connectivity index (χ4v) is 3.68. The second kappa shape index (κ2) is 9.70. The topological polar surface area (TPSA) is 82.5 Å². The largest absolute Gasteiger partial charge is 0.497 e. The fourth-order valence-electron chi connectivity index (χ4n) is 2.88. The summed E-state index contributed by atoms with van der Waals surface area (Å²) in [5.74, 6) is 0.925. The lowest BCUT2D eigenvalue weighted by atomic mass is 10.1. The third-order valence-corrected chi connectivity index (χ3v) is 5.87. The van der Waals surface area contributed by atoms with E-state index in [0.29, 0.717) is 27.9 Å². The number of amides is 1. The van der Waals surface area contributed by atoms with E-state index in [4.69, 9.17) is 9.47 Å². The van der Waals surface area contributed by atoms with E-state index >= 15 is 0 Å². The van der Waals surface area contributed by atoms with E-state index in [1.54, 1.807) is 38.3 Å². The Hall–Kier alpha value is -3.26. The third kappa shape index (κ3) is 5.27. The van der Waals surface area contributed by atoms with Crippen molar-refractivity contribution in [3.8, 4) is 17.2 Å². The minimum Gasteiger partial charge on any atom is -0.497 e. The smallest absolute Gasteiger partial charge is 0.271 e. The molecular formula is C23H25N3O4S. The Morgan fingerprint density at radius 3 is 2.48 bits per heavy atom. The molecule has 3 rings (SSSR count). The zero-order valence-electron chi connectivity index (χ0n) is 18.1. The maximum atomic E-state index is 12.8. The van der Waals surface area contributed by atoms with Crippen molar-refractivity contribution in [2.45, 2.75) is 31.0 Å². The van der Waals surface area contributed by atoms with Gasteiger partial charge in [-0.3, -0.25) is 9.59 Å². The first-order valence-electron chi connectivity index (χ1n) is 9.70. The fraction of sp³-hybridized carbons (Fsp3) is 0.261. The van der Waals surface area contributed by atoms with Crippen LogP contribution in [0.15, 0.2) is 58.4 Å². The highest BCUT2D eigenvalue weighted by Gasteiger charge is 2.18. The highest BCUT2D eigenvalue weighted by molar-refractivity contribution is 8.00. The molecule has 0 saturated heterocycles. The standard InChI is InChI=1S/C23H25N3O4S/c1-14-6-7-17(12-15(14)2)26-22(27)11-10-21(25-26)31-16(3)23(28)24-19-13-18(29-4)8-9-20(19)30-5/h6-13,16H,1-5H3,(H,24,28)/t16-/m0/s1. The number of aromatic nitrogens is 2. The summed E-state index contributed by atoms with van der Waals surface area (Å²) in [5.41, 5.74) is 3.19. The molecule has 0 saturated carbocycles. The van der Waals surface area contributed by atoms with E-state index in [1.165, 1.54) is 29.6 Å². The van der Waals surface area contributed by atoms with Gasteiger partial charge < -0.3 is 14.8 Å². The number of nitrogens with one attached hydrogen (secondary N) is 1. The molecule has 1 amide bonds. The van der Waals surface area contributed by atoms with Gasteiger partial charge in [0.1, 0.15) is 16.5 Å². The molecule has 1 aromatic heterocycles.